The van der Waals surface area contributed by atoms with Crippen LogP contribution in [0.5, 0.6) is 0 Å². The highest BCUT2D eigenvalue weighted by molar-refractivity contribution is 9.09. The van der Waals surface area contributed by atoms with Gasteiger partial charge < -0.3 is 49.9 Å². The molecule has 4 unspecified atom stereocenters. The summed E-state index contributed by atoms with van der Waals surface area (Å²) in [5.41, 5.74) is 2.72. The van der Waals surface area contributed by atoms with Crippen molar-refractivity contribution in [2.24, 2.45) is 21.8 Å². The maximum Gasteiger partial charge on any atom is 0.446 e. The normalized spacial score (nSPS) is 24.4. The molecule has 0 radical (unpaired) electrons. The molecule has 8 aliphatic rings. The molecule has 4 aromatic rings. The number of benzene rings is 2. The fourth-order valence-electron chi connectivity index (χ4n) is 12.5. The lowest BCUT2D eigenvalue weighted by atomic mass is 9.95. The topological polar surface area (TPSA) is 269 Å². The summed E-state index contributed by atoms with van der Waals surface area (Å²) in [6.45, 7) is 4.23. The number of rotatable bonds is 13. The number of piperidine rings is 1. The van der Waals surface area contributed by atoms with Crippen molar-refractivity contribution in [3.05, 3.63) is 125 Å². The standard InChI is InChI=1S/C28H30ClFN6O5S.C16H12BrClFN3O2S.C13H20N2O3.C2HF3O.CH4/c1-41-27(39)22-21(32-24(25-31-6-9-42-25)33-23(22)19-5-3-16(30)11-20(19)29)14-34-7-8-35-18(12-34)13-36(28(35)40)17-4-2-15(10-17)26(37)38;1-24-16(23)12-11(7-17)21-14(15-20-4-5-25-15)22-13(12)9-3-2-8(19)6-10(9)18;16-12(17)9-4-5-10(7-9)15-8-11-3-1-2-6-14(11)13(15)18;3-2(4,5)1-6;/h3,5-6,9,11,15,17-18,23H,2,4,7-8,10,12-14H2,1H3,(H,32,33)(H,37,38);2-6,13H,7H2,1H3,(H,21,22);9-11H,1-8H2,(H,16,17);1H;1H4/t15?,17?,18-,23-;13-;9?,10?,11-;;/m000../s1. The number of aldehydes is 1. The SMILES string of the molecule is C.COC(=O)C1=C(CBr)NC(c2nccs2)=N[C@H]1c1ccc(F)cc1Cl.COC(=O)C1=C(CN2CCN3C(=O)N(C4CCC(C(=O)O)C4)C[C@@H]3C2)NC(c2nccs2)=N[C@H]1c1ccc(F)cc1Cl.O=C(O)C1CCC(N2C[C@@H]3CCCCN3C2=O)C1.O=CC(F)(F)F. The first-order chi connectivity index (χ1) is 43.5. The number of carbonyl (C=O) groups excluding carboxylic acids is 5. The number of nitrogens with one attached hydrogen (secondary N) is 2. The molecule has 2 aromatic carbocycles. The average molecular weight is 1430 g/mol. The fourth-order valence-corrected chi connectivity index (χ4v) is 14.7. The van der Waals surface area contributed by atoms with Gasteiger partial charge in [-0.1, -0.05) is 58.7 Å². The summed E-state index contributed by atoms with van der Waals surface area (Å²) in [4.78, 5) is 110. The second-order valence-electron chi connectivity index (χ2n) is 22.4. The zero-order chi connectivity index (χ0) is 65.4. The fraction of sp³-hybridized carbons (Fsp3) is 0.483. The quantitative estimate of drug-likeness (QED) is 0.0420. The summed E-state index contributed by atoms with van der Waals surface area (Å²) in [5.74, 6) is -3.26. The lowest BCUT2D eigenvalue weighted by molar-refractivity contribution is -0.156. The van der Waals surface area contributed by atoms with Crippen molar-refractivity contribution in [3.8, 4) is 0 Å². The Morgan fingerprint density at radius 3 is 1.55 bits per heavy atom. The van der Waals surface area contributed by atoms with Gasteiger partial charge in [-0.2, -0.15) is 13.2 Å². The molecule has 4 N–H and O–H groups in total. The van der Waals surface area contributed by atoms with Crippen LogP contribution in [-0.2, 0) is 33.4 Å². The lowest BCUT2D eigenvalue weighted by Gasteiger charge is -2.38. The molecule has 2 saturated carbocycles. The van der Waals surface area contributed by atoms with Crippen LogP contribution < -0.4 is 10.6 Å². The van der Waals surface area contributed by atoms with E-state index in [4.69, 9.17) is 47.6 Å². The van der Waals surface area contributed by atoms with E-state index in [-0.39, 0.29) is 59.2 Å². The molecule has 8 atom stereocenters. The van der Waals surface area contributed by atoms with Crippen molar-refractivity contribution in [2.45, 2.75) is 108 Å². The number of aromatic nitrogens is 2. The molecule has 4 amide bonds. The first kappa shape index (κ1) is 70.7. The highest BCUT2D eigenvalue weighted by Crippen LogP contribution is 2.41. The van der Waals surface area contributed by atoms with Crippen LogP contribution in [0.4, 0.5) is 31.5 Å². The Labute approximate surface area is 552 Å². The summed E-state index contributed by atoms with van der Waals surface area (Å²) in [5, 5.41) is 30.5. The molecule has 6 fully saturated rings. The maximum atomic E-state index is 13.9. The molecule has 2 aromatic heterocycles. The molecule has 22 nitrogen and oxygen atoms in total. The summed E-state index contributed by atoms with van der Waals surface area (Å²) in [7, 11) is 2.59. The van der Waals surface area contributed by atoms with E-state index in [1.165, 1.54) is 79.7 Å². The smallest absolute Gasteiger partial charge is 0.446 e. The van der Waals surface area contributed by atoms with Gasteiger partial charge in [-0.15, -0.1) is 22.7 Å². The van der Waals surface area contributed by atoms with Crippen LogP contribution in [0.1, 0.15) is 98.4 Å². The lowest BCUT2D eigenvalue weighted by Crippen LogP contribution is -2.53. The Hall–Kier alpha value is -7.12. The van der Waals surface area contributed by atoms with E-state index >= 15 is 0 Å². The van der Waals surface area contributed by atoms with E-state index in [9.17, 15) is 55.8 Å². The monoisotopic (exact) mass is 1430 g/mol. The number of esters is 2. The third-order valence-corrected chi connectivity index (χ3v) is 19.7. The van der Waals surface area contributed by atoms with Gasteiger partial charge in [-0.3, -0.25) is 29.3 Å². The van der Waals surface area contributed by atoms with Crippen molar-refractivity contribution in [1.82, 2.24) is 45.1 Å². The van der Waals surface area contributed by atoms with Crippen molar-refractivity contribution in [3.63, 3.8) is 0 Å². The van der Waals surface area contributed by atoms with Gasteiger partial charge in [-0.25, -0.2) is 37.9 Å². The Kier molecular flexibility index (Phi) is 24.0. The predicted molar refractivity (Wildman–Crippen MR) is 336 cm³/mol. The first-order valence-corrected chi connectivity index (χ1v) is 32.6. The number of fused-ring (bicyclic) bond motifs is 2. The Morgan fingerprint density at radius 1 is 0.674 bits per heavy atom. The number of urea groups is 2. The van der Waals surface area contributed by atoms with Crippen LogP contribution in [0.15, 0.2) is 92.1 Å². The molecule has 6 aliphatic heterocycles. The second-order valence-corrected chi connectivity index (χ2v) is 25.5. The van der Waals surface area contributed by atoms with Crippen LogP contribution in [0, 0.1) is 23.5 Å². The number of thiazole rings is 2. The van der Waals surface area contributed by atoms with Gasteiger partial charge in [0.15, 0.2) is 21.7 Å². The number of methoxy groups -OCH3 is 2. The first-order valence-electron chi connectivity index (χ1n) is 28.9. The van der Waals surface area contributed by atoms with Crippen molar-refractivity contribution in [1.29, 1.82) is 0 Å². The third kappa shape index (κ3) is 16.4. The van der Waals surface area contributed by atoms with E-state index in [0.717, 1.165) is 32.4 Å². The largest absolute Gasteiger partial charge is 0.481 e. The van der Waals surface area contributed by atoms with Gasteiger partial charge in [0.05, 0.1) is 49.3 Å². The number of hydrogen-bond acceptors (Lipinski definition) is 18. The van der Waals surface area contributed by atoms with E-state index in [2.05, 4.69) is 46.4 Å². The molecule has 496 valence electrons. The summed E-state index contributed by atoms with van der Waals surface area (Å²) >= 11 is 18.8. The number of allylic oxidation sites excluding steroid dienone is 1. The summed E-state index contributed by atoms with van der Waals surface area (Å²) in [6, 6.07) is 6.94. The minimum atomic E-state index is -4.64. The molecule has 0 spiro atoms. The number of carbonyl (C=O) groups is 7. The molecule has 92 heavy (non-hydrogen) atoms. The predicted octanol–water partition coefficient (Wildman–Crippen LogP) is 9.89. The van der Waals surface area contributed by atoms with Gasteiger partial charge in [0.2, 0.25) is 6.29 Å². The molecule has 0 bridgehead atoms. The third-order valence-electron chi connectivity index (χ3n) is 16.9. The molecule has 8 heterocycles. The number of amidine groups is 2. The van der Waals surface area contributed by atoms with Crippen molar-refractivity contribution >= 4 is 116 Å². The van der Waals surface area contributed by atoms with E-state index in [1.807, 2.05) is 30.4 Å². The van der Waals surface area contributed by atoms with Crippen LogP contribution in [-0.4, -0.2) is 194 Å². The number of amides is 4. The molecule has 12 rings (SSSR count). The van der Waals surface area contributed by atoms with Crippen LogP contribution in [0.3, 0.4) is 0 Å². The minimum Gasteiger partial charge on any atom is -0.481 e. The van der Waals surface area contributed by atoms with E-state index < -0.39 is 66.0 Å². The Balaban J connectivity index is 0.000000184. The highest BCUT2D eigenvalue weighted by atomic mass is 79.9. The highest BCUT2D eigenvalue weighted by Gasteiger charge is 2.48. The number of nitrogens with zero attached hydrogens (tertiary/aromatic N) is 9. The Bertz CT molecular complexity index is 3510. The number of ether oxygens (including phenoxy) is 2. The minimum absolute atomic E-state index is 0. The summed E-state index contributed by atoms with van der Waals surface area (Å²) < 4.78 is 68.7. The van der Waals surface area contributed by atoms with Crippen LogP contribution in [0.25, 0.3) is 0 Å². The zero-order valence-corrected chi connectivity index (χ0v) is 53.7. The number of carboxylic acid groups (broad SMARTS) is 2. The van der Waals surface area contributed by atoms with Gasteiger partial charge in [0.1, 0.15) is 23.7 Å². The number of aliphatic imine (C=N–C) groups is 2. The number of piperazine rings is 1. The van der Waals surface area contributed by atoms with Crippen LogP contribution >= 0.6 is 61.8 Å². The number of hydrogen-bond donors (Lipinski definition) is 4. The number of halogens is 8. The van der Waals surface area contributed by atoms with E-state index in [0.29, 0.717) is 126 Å². The molecule has 2 aliphatic carbocycles. The van der Waals surface area contributed by atoms with E-state index in [1.54, 1.807) is 12.4 Å². The van der Waals surface area contributed by atoms with Gasteiger partial charge in [-0.05, 0) is 82.1 Å². The second kappa shape index (κ2) is 31.2. The van der Waals surface area contributed by atoms with Crippen molar-refractivity contribution in [2.75, 3.05) is 65.4 Å². The number of carboxylic acids is 2. The zero-order valence-electron chi connectivity index (χ0n) is 48.9. The molecular weight excluding hydrogens is 1360 g/mol. The molecule has 32 heteroatoms. The van der Waals surface area contributed by atoms with Crippen LogP contribution in [0.2, 0.25) is 10.0 Å². The average Bonchev–Trinajstić information content (AvgIpc) is 1.01. The molecule has 4 saturated heterocycles. The van der Waals surface area contributed by atoms with Crippen molar-refractivity contribution < 1.29 is 75.2 Å². The Morgan fingerprint density at radius 2 is 1.14 bits per heavy atom. The summed E-state index contributed by atoms with van der Waals surface area (Å²) in [6.07, 6.45) is 5.02. The number of alkyl halides is 4. The number of aliphatic carboxylic acids is 2. The maximum absolute atomic E-state index is 13.9. The van der Waals surface area contributed by atoms with Gasteiger partial charge in [0.25, 0.3) is 0 Å². The van der Waals surface area contributed by atoms with Gasteiger partial charge >= 0.3 is 42.1 Å². The molecular formula is C60H67BrCl2F5N11O11S2. The van der Waals surface area contributed by atoms with Gasteiger partial charge in [0, 0.05) is 119 Å².